The molecule has 1 unspecified atom stereocenters. The molecule has 0 bridgehead atoms. The summed E-state index contributed by atoms with van der Waals surface area (Å²) in [5, 5.41) is 9.92. The average molecular weight is 180 g/mol. The molecule has 0 radical (unpaired) electrons. The highest BCUT2D eigenvalue weighted by atomic mass is 16.1. The maximum absolute atomic E-state index is 10.8. The summed E-state index contributed by atoms with van der Waals surface area (Å²) in [6.45, 7) is 1.97. The van der Waals surface area contributed by atoms with Crippen LogP contribution in [-0.4, -0.2) is 29.2 Å². The van der Waals surface area contributed by atoms with Gasteiger partial charge in [0, 0.05) is 18.2 Å². The maximum atomic E-state index is 10.8. The largest absolute Gasteiger partial charge is 0.364 e. The molecule has 5 nitrogen and oxygen atoms in total. The molecule has 4 N–H and O–H groups in total. The zero-order valence-corrected chi connectivity index (χ0v) is 7.21. The second kappa shape index (κ2) is 3.18. The number of primary amides is 1. The minimum atomic E-state index is -0.478. The van der Waals surface area contributed by atoms with E-state index in [4.69, 9.17) is 5.73 Å². The van der Waals surface area contributed by atoms with Crippen LogP contribution in [0.5, 0.6) is 0 Å². The highest BCUT2D eigenvalue weighted by Gasteiger charge is 2.19. The van der Waals surface area contributed by atoms with Crippen molar-refractivity contribution in [3.63, 3.8) is 0 Å². The first kappa shape index (κ1) is 8.25. The molecule has 1 aromatic heterocycles. The maximum Gasteiger partial charge on any atom is 0.269 e. The lowest BCUT2D eigenvalue weighted by Crippen LogP contribution is -2.11. The SMILES string of the molecule is NC(=O)c1cc(C2CCNC2)[nH]n1. The van der Waals surface area contributed by atoms with Crippen LogP contribution in [0.1, 0.15) is 28.5 Å². The fourth-order valence-corrected chi connectivity index (χ4v) is 1.59. The summed E-state index contributed by atoms with van der Waals surface area (Å²) in [4.78, 5) is 10.8. The van der Waals surface area contributed by atoms with Crippen LogP contribution in [0, 0.1) is 0 Å². The van der Waals surface area contributed by atoms with Gasteiger partial charge in [-0.2, -0.15) is 5.10 Å². The van der Waals surface area contributed by atoms with E-state index in [1.54, 1.807) is 6.07 Å². The van der Waals surface area contributed by atoms with Crippen LogP contribution in [-0.2, 0) is 0 Å². The van der Waals surface area contributed by atoms with Gasteiger partial charge in [0.2, 0.25) is 0 Å². The Balaban J connectivity index is 2.16. The molecular formula is C8H12N4O. The summed E-state index contributed by atoms with van der Waals surface area (Å²) in [7, 11) is 0. The third-order valence-corrected chi connectivity index (χ3v) is 2.35. The number of carbonyl (C=O) groups is 1. The number of amides is 1. The number of nitrogens with one attached hydrogen (secondary N) is 2. The Labute approximate surface area is 75.7 Å². The Morgan fingerprint density at radius 3 is 3.08 bits per heavy atom. The zero-order chi connectivity index (χ0) is 9.26. The Bertz CT molecular complexity index is 314. The number of aromatic nitrogens is 2. The number of hydrogen-bond donors (Lipinski definition) is 3. The number of nitrogens with two attached hydrogens (primary N) is 1. The van der Waals surface area contributed by atoms with Gasteiger partial charge in [0.1, 0.15) is 5.69 Å². The van der Waals surface area contributed by atoms with Gasteiger partial charge in [-0.1, -0.05) is 0 Å². The number of carbonyl (C=O) groups excluding carboxylic acids is 1. The lowest BCUT2D eigenvalue weighted by atomic mass is 10.1. The van der Waals surface area contributed by atoms with Crippen LogP contribution in [0.25, 0.3) is 0 Å². The first-order valence-electron chi connectivity index (χ1n) is 4.33. The van der Waals surface area contributed by atoms with Crippen LogP contribution in [0.15, 0.2) is 6.07 Å². The molecule has 1 fully saturated rings. The number of rotatable bonds is 2. The molecule has 0 aromatic carbocycles. The van der Waals surface area contributed by atoms with Crippen molar-refractivity contribution in [2.75, 3.05) is 13.1 Å². The van der Waals surface area contributed by atoms with Crippen molar-refractivity contribution in [2.24, 2.45) is 5.73 Å². The average Bonchev–Trinajstić information content (AvgIpc) is 2.75. The van der Waals surface area contributed by atoms with Crippen LogP contribution in [0.4, 0.5) is 0 Å². The zero-order valence-electron chi connectivity index (χ0n) is 7.21. The summed E-state index contributed by atoms with van der Waals surface area (Å²) in [6, 6.07) is 1.74. The van der Waals surface area contributed by atoms with Gasteiger partial charge < -0.3 is 11.1 Å². The quantitative estimate of drug-likeness (QED) is 0.578. The Morgan fingerprint density at radius 2 is 2.54 bits per heavy atom. The molecule has 0 saturated carbocycles. The van der Waals surface area contributed by atoms with E-state index < -0.39 is 5.91 Å². The molecule has 1 atom stereocenters. The van der Waals surface area contributed by atoms with Crippen LogP contribution in [0.2, 0.25) is 0 Å². The van der Waals surface area contributed by atoms with Gasteiger partial charge in [0.25, 0.3) is 5.91 Å². The smallest absolute Gasteiger partial charge is 0.269 e. The Morgan fingerprint density at radius 1 is 1.69 bits per heavy atom. The molecule has 1 aliphatic rings. The highest BCUT2D eigenvalue weighted by molar-refractivity contribution is 5.90. The molecule has 1 aromatic rings. The molecule has 2 heterocycles. The second-order valence-corrected chi connectivity index (χ2v) is 3.26. The molecule has 5 heteroatoms. The standard InChI is InChI=1S/C8H12N4O/c9-8(13)7-3-6(11-12-7)5-1-2-10-4-5/h3,5,10H,1-2,4H2,(H2,9,13)(H,11,12). The summed E-state index contributed by atoms with van der Waals surface area (Å²) in [5.41, 5.74) is 6.41. The molecular weight excluding hydrogens is 168 g/mol. The summed E-state index contributed by atoms with van der Waals surface area (Å²) < 4.78 is 0. The first-order chi connectivity index (χ1) is 6.27. The molecule has 0 spiro atoms. The van der Waals surface area contributed by atoms with E-state index in [1.165, 1.54) is 0 Å². The minimum Gasteiger partial charge on any atom is -0.364 e. The van der Waals surface area contributed by atoms with E-state index in [0.717, 1.165) is 25.2 Å². The molecule has 13 heavy (non-hydrogen) atoms. The molecule has 70 valence electrons. The van der Waals surface area contributed by atoms with Crippen LogP contribution >= 0.6 is 0 Å². The van der Waals surface area contributed by atoms with Crippen LogP contribution < -0.4 is 11.1 Å². The predicted octanol–water partition coefficient (Wildman–Crippen LogP) is -0.415. The number of H-pyrrole nitrogens is 1. The van der Waals surface area contributed by atoms with Gasteiger partial charge in [0.15, 0.2) is 0 Å². The van der Waals surface area contributed by atoms with E-state index in [1.807, 2.05) is 0 Å². The highest BCUT2D eigenvalue weighted by Crippen LogP contribution is 2.20. The van der Waals surface area contributed by atoms with Crippen molar-refractivity contribution in [2.45, 2.75) is 12.3 Å². The van der Waals surface area contributed by atoms with Gasteiger partial charge in [0.05, 0.1) is 0 Å². The van der Waals surface area contributed by atoms with Gasteiger partial charge >= 0.3 is 0 Å². The van der Waals surface area contributed by atoms with E-state index in [-0.39, 0.29) is 0 Å². The number of nitrogens with zero attached hydrogens (tertiary/aromatic N) is 1. The molecule has 2 rings (SSSR count). The predicted molar refractivity (Wildman–Crippen MR) is 47.3 cm³/mol. The fourth-order valence-electron chi connectivity index (χ4n) is 1.59. The van der Waals surface area contributed by atoms with E-state index in [9.17, 15) is 4.79 Å². The van der Waals surface area contributed by atoms with Crippen molar-refractivity contribution >= 4 is 5.91 Å². The monoisotopic (exact) mass is 180 g/mol. The van der Waals surface area contributed by atoms with Crippen molar-refractivity contribution in [1.29, 1.82) is 0 Å². The van der Waals surface area contributed by atoms with E-state index in [0.29, 0.717) is 11.6 Å². The number of hydrogen-bond acceptors (Lipinski definition) is 3. The van der Waals surface area contributed by atoms with Gasteiger partial charge in [-0.25, -0.2) is 0 Å². The summed E-state index contributed by atoms with van der Waals surface area (Å²) in [6.07, 6.45) is 1.08. The van der Waals surface area contributed by atoms with Gasteiger partial charge in [-0.3, -0.25) is 9.89 Å². The van der Waals surface area contributed by atoms with Crippen LogP contribution in [0.3, 0.4) is 0 Å². The van der Waals surface area contributed by atoms with Gasteiger partial charge in [-0.05, 0) is 19.0 Å². The van der Waals surface area contributed by atoms with Crippen molar-refractivity contribution in [1.82, 2.24) is 15.5 Å². The second-order valence-electron chi connectivity index (χ2n) is 3.26. The van der Waals surface area contributed by atoms with Crippen molar-refractivity contribution in [3.05, 3.63) is 17.5 Å². The van der Waals surface area contributed by atoms with E-state index in [2.05, 4.69) is 15.5 Å². The third-order valence-electron chi connectivity index (χ3n) is 2.35. The first-order valence-corrected chi connectivity index (χ1v) is 4.33. The lowest BCUT2D eigenvalue weighted by molar-refractivity contribution is 0.0995. The lowest BCUT2D eigenvalue weighted by Gasteiger charge is -2.02. The number of aromatic amines is 1. The third kappa shape index (κ3) is 1.55. The molecule has 0 aliphatic carbocycles. The fraction of sp³-hybridized carbons (Fsp3) is 0.500. The van der Waals surface area contributed by atoms with E-state index >= 15 is 0 Å². The Hall–Kier alpha value is -1.36. The topological polar surface area (TPSA) is 83.8 Å². The molecule has 1 amide bonds. The molecule has 1 aliphatic heterocycles. The van der Waals surface area contributed by atoms with Crippen molar-refractivity contribution < 1.29 is 4.79 Å². The summed E-state index contributed by atoms with van der Waals surface area (Å²) in [5.74, 6) is -0.0333. The summed E-state index contributed by atoms with van der Waals surface area (Å²) >= 11 is 0. The van der Waals surface area contributed by atoms with Crippen molar-refractivity contribution in [3.8, 4) is 0 Å². The normalized spacial score (nSPS) is 22.0. The Kier molecular flexibility index (Phi) is 2.02. The molecule has 1 saturated heterocycles. The minimum absolute atomic E-state index is 0.321. The van der Waals surface area contributed by atoms with Gasteiger partial charge in [-0.15, -0.1) is 0 Å².